The van der Waals surface area contributed by atoms with Crippen LogP contribution < -0.4 is 5.73 Å². The van der Waals surface area contributed by atoms with Gasteiger partial charge in [0.25, 0.3) is 0 Å². The van der Waals surface area contributed by atoms with E-state index in [0.29, 0.717) is 12.5 Å². The molecule has 1 aliphatic heterocycles. The Hall–Kier alpha value is -1.33. The molecule has 0 unspecified atom stereocenters. The monoisotopic (exact) mass is 325 g/mol. The molecule has 2 N–H and O–H groups in total. The number of allylic oxidation sites excluding steroid dienone is 3. The standard InChI is InChI=1S/C18H31NO4/c1-4-5-8-14(2)17(21-3)11-6-10-16(19)18(20)23-15-9-7-12-22-13-15/h6,10-11,14-16H,4-5,7-9,12-13,19H2,1-3H3/b10-6+,17-11+/t14-,15+,16-/m0/s1. The molecule has 0 saturated carbocycles. The van der Waals surface area contributed by atoms with Crippen LogP contribution in [0, 0.1) is 5.92 Å². The number of carbonyl (C=O) groups excluding carboxylic acids is 1. The summed E-state index contributed by atoms with van der Waals surface area (Å²) < 4.78 is 16.0. The van der Waals surface area contributed by atoms with Crippen LogP contribution in [0.5, 0.6) is 0 Å². The molecule has 1 saturated heterocycles. The summed E-state index contributed by atoms with van der Waals surface area (Å²) in [6, 6.07) is -0.766. The van der Waals surface area contributed by atoms with Crippen molar-refractivity contribution in [1.29, 1.82) is 0 Å². The van der Waals surface area contributed by atoms with Crippen LogP contribution >= 0.6 is 0 Å². The van der Waals surface area contributed by atoms with Crippen molar-refractivity contribution in [3.8, 4) is 0 Å². The molecule has 0 radical (unpaired) electrons. The summed E-state index contributed by atoms with van der Waals surface area (Å²) in [5.41, 5.74) is 5.85. The van der Waals surface area contributed by atoms with Crippen molar-refractivity contribution in [2.45, 2.75) is 58.1 Å². The summed E-state index contributed by atoms with van der Waals surface area (Å²) in [5.74, 6) is 0.839. The van der Waals surface area contributed by atoms with Gasteiger partial charge in [0.15, 0.2) is 0 Å². The summed E-state index contributed by atoms with van der Waals surface area (Å²) in [5, 5.41) is 0. The van der Waals surface area contributed by atoms with Gasteiger partial charge >= 0.3 is 5.97 Å². The summed E-state index contributed by atoms with van der Waals surface area (Å²) >= 11 is 0. The maximum atomic E-state index is 11.9. The zero-order chi connectivity index (χ0) is 17.1. The molecule has 0 aliphatic carbocycles. The summed E-state index contributed by atoms with van der Waals surface area (Å²) in [6.45, 7) is 5.51. The van der Waals surface area contributed by atoms with E-state index in [0.717, 1.165) is 31.6 Å². The molecule has 3 atom stereocenters. The molecular weight excluding hydrogens is 294 g/mol. The van der Waals surface area contributed by atoms with Gasteiger partial charge in [-0.2, -0.15) is 0 Å². The number of nitrogens with two attached hydrogens (primary N) is 1. The molecule has 0 aromatic carbocycles. The summed E-state index contributed by atoms with van der Waals surface area (Å²) in [4.78, 5) is 11.9. The number of ether oxygens (including phenoxy) is 3. The Kier molecular flexibility index (Phi) is 9.64. The van der Waals surface area contributed by atoms with Gasteiger partial charge < -0.3 is 19.9 Å². The average molecular weight is 325 g/mol. The first-order chi connectivity index (χ1) is 11.1. The number of unbranched alkanes of at least 4 members (excludes halogenated alkanes) is 1. The smallest absolute Gasteiger partial charge is 0.327 e. The molecule has 0 aromatic rings. The van der Waals surface area contributed by atoms with Gasteiger partial charge in [-0.3, -0.25) is 4.79 Å². The zero-order valence-corrected chi connectivity index (χ0v) is 14.6. The first kappa shape index (κ1) is 19.7. The van der Waals surface area contributed by atoms with E-state index >= 15 is 0 Å². The molecule has 1 rings (SSSR count). The highest BCUT2D eigenvalue weighted by Crippen LogP contribution is 2.18. The fourth-order valence-corrected chi connectivity index (χ4v) is 2.48. The first-order valence-corrected chi connectivity index (χ1v) is 8.54. The van der Waals surface area contributed by atoms with E-state index in [4.69, 9.17) is 19.9 Å². The quantitative estimate of drug-likeness (QED) is 0.401. The zero-order valence-electron chi connectivity index (χ0n) is 14.6. The Morgan fingerprint density at radius 3 is 2.87 bits per heavy atom. The van der Waals surface area contributed by atoms with Crippen LogP contribution in [0.2, 0.25) is 0 Å². The average Bonchev–Trinajstić information content (AvgIpc) is 2.57. The van der Waals surface area contributed by atoms with Crippen LogP contribution in [0.3, 0.4) is 0 Å². The van der Waals surface area contributed by atoms with Crippen LogP contribution in [-0.4, -0.2) is 38.4 Å². The highest BCUT2D eigenvalue weighted by atomic mass is 16.6. The van der Waals surface area contributed by atoms with E-state index in [-0.39, 0.29) is 6.10 Å². The second kappa shape index (κ2) is 11.2. The van der Waals surface area contributed by atoms with Crippen molar-refractivity contribution >= 4 is 5.97 Å². The van der Waals surface area contributed by atoms with Crippen molar-refractivity contribution < 1.29 is 19.0 Å². The Labute approximate surface area is 139 Å². The Morgan fingerprint density at radius 2 is 2.26 bits per heavy atom. The minimum Gasteiger partial charge on any atom is -0.501 e. The topological polar surface area (TPSA) is 70.8 Å². The summed E-state index contributed by atoms with van der Waals surface area (Å²) in [7, 11) is 1.67. The fourth-order valence-electron chi connectivity index (χ4n) is 2.48. The largest absolute Gasteiger partial charge is 0.501 e. The summed E-state index contributed by atoms with van der Waals surface area (Å²) in [6.07, 6.45) is 10.3. The highest BCUT2D eigenvalue weighted by Gasteiger charge is 2.21. The number of hydrogen-bond acceptors (Lipinski definition) is 5. The molecule has 0 spiro atoms. The van der Waals surface area contributed by atoms with Gasteiger partial charge in [-0.05, 0) is 25.3 Å². The maximum Gasteiger partial charge on any atom is 0.327 e. The highest BCUT2D eigenvalue weighted by molar-refractivity contribution is 5.78. The molecule has 0 bridgehead atoms. The lowest BCUT2D eigenvalue weighted by Gasteiger charge is -2.23. The van der Waals surface area contributed by atoms with Crippen molar-refractivity contribution in [3.05, 3.63) is 24.0 Å². The molecule has 5 nitrogen and oxygen atoms in total. The van der Waals surface area contributed by atoms with Gasteiger partial charge in [0.1, 0.15) is 12.1 Å². The van der Waals surface area contributed by atoms with Crippen LogP contribution in [0.1, 0.15) is 46.0 Å². The molecule has 0 amide bonds. The van der Waals surface area contributed by atoms with E-state index in [1.807, 2.05) is 6.08 Å². The number of carbonyl (C=O) groups is 1. The second-order valence-electron chi connectivity index (χ2n) is 6.00. The van der Waals surface area contributed by atoms with Crippen molar-refractivity contribution in [2.24, 2.45) is 11.7 Å². The first-order valence-electron chi connectivity index (χ1n) is 8.54. The number of rotatable bonds is 9. The van der Waals surface area contributed by atoms with Crippen molar-refractivity contribution in [2.75, 3.05) is 20.3 Å². The van der Waals surface area contributed by atoms with Gasteiger partial charge in [0, 0.05) is 12.5 Å². The van der Waals surface area contributed by atoms with E-state index in [2.05, 4.69) is 13.8 Å². The van der Waals surface area contributed by atoms with E-state index in [9.17, 15) is 4.79 Å². The lowest BCUT2D eigenvalue weighted by atomic mass is 10.0. The van der Waals surface area contributed by atoms with Crippen molar-refractivity contribution in [3.63, 3.8) is 0 Å². The lowest BCUT2D eigenvalue weighted by Crippen LogP contribution is -2.36. The van der Waals surface area contributed by atoms with Gasteiger partial charge in [0.05, 0.1) is 19.5 Å². The van der Waals surface area contributed by atoms with E-state index in [1.165, 1.54) is 12.8 Å². The van der Waals surface area contributed by atoms with Crippen LogP contribution in [-0.2, 0) is 19.0 Å². The van der Waals surface area contributed by atoms with Gasteiger partial charge in [0.2, 0.25) is 0 Å². The predicted octanol–water partition coefficient (Wildman–Crippen LogP) is 2.95. The fraction of sp³-hybridized carbons (Fsp3) is 0.722. The third kappa shape index (κ3) is 7.66. The van der Waals surface area contributed by atoms with E-state index in [1.54, 1.807) is 19.3 Å². The minimum atomic E-state index is -0.766. The lowest BCUT2D eigenvalue weighted by molar-refractivity contribution is -0.155. The number of esters is 1. The Morgan fingerprint density at radius 1 is 1.48 bits per heavy atom. The maximum absolute atomic E-state index is 11.9. The van der Waals surface area contributed by atoms with Gasteiger partial charge in [-0.15, -0.1) is 0 Å². The molecule has 5 heteroatoms. The third-order valence-corrected chi connectivity index (χ3v) is 3.96. The normalized spacial score (nSPS) is 21.9. The van der Waals surface area contributed by atoms with E-state index < -0.39 is 12.0 Å². The van der Waals surface area contributed by atoms with Crippen molar-refractivity contribution in [1.82, 2.24) is 0 Å². The molecule has 132 valence electrons. The third-order valence-electron chi connectivity index (χ3n) is 3.96. The molecule has 23 heavy (non-hydrogen) atoms. The number of methoxy groups -OCH3 is 1. The van der Waals surface area contributed by atoms with Crippen LogP contribution in [0.4, 0.5) is 0 Å². The molecule has 1 fully saturated rings. The van der Waals surface area contributed by atoms with Gasteiger partial charge in [-0.25, -0.2) is 0 Å². The van der Waals surface area contributed by atoms with Gasteiger partial charge in [-0.1, -0.05) is 38.8 Å². The molecule has 1 heterocycles. The Balaban J connectivity index is 2.46. The minimum absolute atomic E-state index is 0.171. The predicted molar refractivity (Wildman–Crippen MR) is 90.8 cm³/mol. The molecule has 1 aliphatic rings. The SMILES string of the molecule is CCCC[C@H](C)/C(=C\C=C\[C@H](N)C(=O)O[C@@H]1CCCOC1)OC. The number of hydrogen-bond donors (Lipinski definition) is 1. The Bertz CT molecular complexity index is 400. The second-order valence-corrected chi connectivity index (χ2v) is 6.00. The molecular formula is C18H31NO4. The molecule has 0 aromatic heterocycles. The van der Waals surface area contributed by atoms with Crippen LogP contribution in [0.15, 0.2) is 24.0 Å². The van der Waals surface area contributed by atoms with Crippen LogP contribution in [0.25, 0.3) is 0 Å².